The van der Waals surface area contributed by atoms with E-state index >= 15 is 0 Å². The monoisotopic (exact) mass is 482 g/mol. The number of nitrogens with zero attached hydrogens (tertiary/aromatic N) is 1. The predicted octanol–water partition coefficient (Wildman–Crippen LogP) is 3.14. The van der Waals surface area contributed by atoms with Crippen LogP contribution in [0.5, 0.6) is 0 Å². The molecule has 1 aliphatic heterocycles. The first-order valence-electron chi connectivity index (χ1n) is 11.3. The number of carbonyl (C=O) groups excluding carboxylic acids is 4. The van der Waals surface area contributed by atoms with Gasteiger partial charge in [-0.3, -0.25) is 14.5 Å². The third kappa shape index (κ3) is 6.81. The van der Waals surface area contributed by atoms with Gasteiger partial charge in [-0.1, -0.05) is 48.5 Å². The zero-order valence-electron chi connectivity index (χ0n) is 20.3. The predicted molar refractivity (Wildman–Crippen MR) is 127 cm³/mol. The Bertz CT molecular complexity index is 1080. The molecule has 1 heterocycles. The first kappa shape index (κ1) is 25.7. The van der Waals surface area contributed by atoms with E-state index in [1.54, 1.807) is 51.1 Å². The molecule has 0 fully saturated rings. The minimum Gasteiger partial charge on any atom is -0.467 e. The van der Waals surface area contributed by atoms with Gasteiger partial charge in [0, 0.05) is 12.1 Å². The lowest BCUT2D eigenvalue weighted by molar-refractivity contribution is -0.147. The van der Waals surface area contributed by atoms with E-state index in [9.17, 15) is 19.2 Å². The van der Waals surface area contributed by atoms with E-state index in [1.165, 1.54) is 12.0 Å². The van der Waals surface area contributed by atoms with Crippen molar-refractivity contribution >= 4 is 29.6 Å². The minimum absolute atomic E-state index is 0.0182. The van der Waals surface area contributed by atoms with Crippen molar-refractivity contribution in [1.29, 1.82) is 0 Å². The average Bonchev–Trinajstić information content (AvgIpc) is 3.20. The molecule has 0 radical (unpaired) electrons. The number of ether oxygens (including phenoxy) is 3. The summed E-state index contributed by atoms with van der Waals surface area (Å²) in [5.74, 6) is -1.93. The highest BCUT2D eigenvalue weighted by molar-refractivity contribution is 6.06. The summed E-state index contributed by atoms with van der Waals surface area (Å²) in [5, 5.41) is 2.48. The van der Waals surface area contributed by atoms with Crippen molar-refractivity contribution in [2.75, 3.05) is 12.0 Å². The molecule has 9 heteroatoms. The highest BCUT2D eigenvalue weighted by atomic mass is 16.6. The molecule has 3 rings (SSSR count). The van der Waals surface area contributed by atoms with Crippen LogP contribution in [0.25, 0.3) is 0 Å². The molecule has 2 aromatic carbocycles. The molecule has 35 heavy (non-hydrogen) atoms. The largest absolute Gasteiger partial charge is 0.467 e. The second kappa shape index (κ2) is 11.0. The number of anilines is 1. The quantitative estimate of drug-likeness (QED) is 0.477. The fraction of sp³-hybridized carbons (Fsp3) is 0.385. The number of amides is 2. The van der Waals surface area contributed by atoms with Crippen molar-refractivity contribution < 1.29 is 33.4 Å². The van der Waals surface area contributed by atoms with Crippen molar-refractivity contribution in [3.05, 3.63) is 65.7 Å². The molecule has 0 aromatic heterocycles. The Labute approximate surface area is 204 Å². The van der Waals surface area contributed by atoms with Crippen LogP contribution < -0.4 is 10.2 Å². The summed E-state index contributed by atoms with van der Waals surface area (Å²) in [5.41, 5.74) is 1.25. The van der Waals surface area contributed by atoms with Crippen molar-refractivity contribution in [2.45, 2.75) is 57.9 Å². The first-order valence-corrected chi connectivity index (χ1v) is 11.3. The molecule has 0 saturated heterocycles. The normalized spacial score (nSPS) is 15.5. The Balaban J connectivity index is 1.83. The molecule has 0 unspecified atom stereocenters. The molecule has 0 spiro atoms. The molecule has 2 atom stereocenters. The number of rotatable bonds is 7. The molecule has 1 aliphatic rings. The Kier molecular flexibility index (Phi) is 8.11. The number of benzene rings is 2. The Morgan fingerprint density at radius 1 is 1.03 bits per heavy atom. The van der Waals surface area contributed by atoms with E-state index < -0.39 is 48.0 Å². The van der Waals surface area contributed by atoms with E-state index in [4.69, 9.17) is 14.2 Å². The van der Waals surface area contributed by atoms with Crippen molar-refractivity contribution in [3.63, 3.8) is 0 Å². The van der Waals surface area contributed by atoms with Gasteiger partial charge in [-0.2, -0.15) is 0 Å². The van der Waals surface area contributed by atoms with Gasteiger partial charge in [0.1, 0.15) is 24.3 Å². The third-order valence-electron chi connectivity index (χ3n) is 5.29. The smallest absolute Gasteiger partial charge is 0.408 e. The number of methoxy groups -OCH3 is 1. The minimum atomic E-state index is -1.33. The molecule has 0 bridgehead atoms. The zero-order chi connectivity index (χ0) is 25.6. The van der Waals surface area contributed by atoms with Gasteiger partial charge in [-0.25, -0.2) is 9.59 Å². The number of esters is 2. The summed E-state index contributed by atoms with van der Waals surface area (Å²) < 4.78 is 15.5. The lowest BCUT2D eigenvalue weighted by Gasteiger charge is -2.29. The highest BCUT2D eigenvalue weighted by Crippen LogP contribution is 2.33. The number of alkyl carbamates (subject to hydrolysis) is 1. The second-order valence-corrected chi connectivity index (χ2v) is 9.13. The van der Waals surface area contributed by atoms with Gasteiger partial charge in [0.25, 0.3) is 5.91 Å². The van der Waals surface area contributed by atoms with Gasteiger partial charge < -0.3 is 19.5 Å². The maximum Gasteiger partial charge on any atom is 0.408 e. The summed E-state index contributed by atoms with van der Waals surface area (Å²) in [6.45, 7) is 5.06. The molecular weight excluding hydrogens is 452 g/mol. The number of hydrogen-bond acceptors (Lipinski definition) is 7. The third-order valence-corrected chi connectivity index (χ3v) is 5.29. The standard InChI is InChI=1S/C26H30N2O7/c1-26(2,3)35-25(32)27-19(15-22(29)34-16-17-10-6-5-7-11-17)23(30)28-20-13-9-8-12-18(20)14-21(28)24(31)33-4/h5-13,19,21H,14-16H2,1-4H3,(H,27,32)/t19-,21-/m0/s1. The van der Waals surface area contributed by atoms with E-state index in [-0.39, 0.29) is 13.0 Å². The van der Waals surface area contributed by atoms with Crippen LogP contribution in [0.4, 0.5) is 10.5 Å². The molecule has 186 valence electrons. The molecule has 0 aliphatic carbocycles. The number of hydrogen-bond donors (Lipinski definition) is 1. The van der Waals surface area contributed by atoms with Crippen LogP contribution in [0.1, 0.15) is 38.3 Å². The Hall–Kier alpha value is -3.88. The summed E-state index contributed by atoms with van der Waals surface area (Å²) in [7, 11) is 1.24. The van der Waals surface area contributed by atoms with Crippen LogP contribution in [0, 0.1) is 0 Å². The van der Waals surface area contributed by atoms with Gasteiger partial charge in [-0.05, 0) is 38.0 Å². The van der Waals surface area contributed by atoms with E-state index in [0.29, 0.717) is 5.69 Å². The SMILES string of the molecule is COC(=O)[C@@H]1Cc2ccccc2N1C(=O)[C@H](CC(=O)OCc1ccccc1)NC(=O)OC(C)(C)C. The van der Waals surface area contributed by atoms with E-state index in [2.05, 4.69) is 5.32 Å². The van der Waals surface area contributed by atoms with Crippen LogP contribution in [-0.2, 0) is 41.6 Å². The van der Waals surface area contributed by atoms with Gasteiger partial charge in [0.05, 0.1) is 13.5 Å². The van der Waals surface area contributed by atoms with E-state index in [1.807, 2.05) is 24.3 Å². The van der Waals surface area contributed by atoms with Crippen LogP contribution in [-0.4, -0.2) is 48.7 Å². The zero-order valence-corrected chi connectivity index (χ0v) is 20.3. The summed E-state index contributed by atoms with van der Waals surface area (Å²) in [6.07, 6.45) is -1.06. The molecule has 0 saturated carbocycles. The van der Waals surface area contributed by atoms with Gasteiger partial charge in [-0.15, -0.1) is 0 Å². The number of carbonyl (C=O) groups is 4. The van der Waals surface area contributed by atoms with E-state index in [0.717, 1.165) is 11.1 Å². The van der Waals surface area contributed by atoms with Crippen LogP contribution in [0.2, 0.25) is 0 Å². The average molecular weight is 483 g/mol. The van der Waals surface area contributed by atoms with Gasteiger partial charge in [0.15, 0.2) is 0 Å². The molecule has 2 aromatic rings. The Morgan fingerprint density at radius 3 is 2.34 bits per heavy atom. The maximum absolute atomic E-state index is 13.7. The first-order chi connectivity index (χ1) is 16.6. The Morgan fingerprint density at radius 2 is 1.69 bits per heavy atom. The summed E-state index contributed by atoms with van der Waals surface area (Å²) >= 11 is 0. The molecule has 2 amide bonds. The summed E-state index contributed by atoms with van der Waals surface area (Å²) in [4.78, 5) is 52.6. The fourth-order valence-electron chi connectivity index (χ4n) is 3.76. The van der Waals surface area contributed by atoms with Crippen molar-refractivity contribution in [2.24, 2.45) is 0 Å². The van der Waals surface area contributed by atoms with Crippen molar-refractivity contribution in [3.8, 4) is 0 Å². The lowest BCUT2D eigenvalue weighted by atomic mass is 10.1. The van der Waals surface area contributed by atoms with Gasteiger partial charge >= 0.3 is 18.0 Å². The molecule has 9 nitrogen and oxygen atoms in total. The molecular formula is C26H30N2O7. The number of nitrogens with one attached hydrogen (secondary N) is 1. The maximum atomic E-state index is 13.7. The summed E-state index contributed by atoms with van der Waals surface area (Å²) in [6, 6.07) is 13.9. The van der Waals surface area contributed by atoms with Crippen molar-refractivity contribution in [1.82, 2.24) is 5.32 Å². The topological polar surface area (TPSA) is 111 Å². The molecule has 1 N–H and O–H groups in total. The lowest BCUT2D eigenvalue weighted by Crippen LogP contribution is -2.54. The highest BCUT2D eigenvalue weighted by Gasteiger charge is 2.42. The van der Waals surface area contributed by atoms with Crippen LogP contribution in [0.3, 0.4) is 0 Å². The number of para-hydroxylation sites is 1. The van der Waals surface area contributed by atoms with Crippen LogP contribution in [0.15, 0.2) is 54.6 Å². The fourth-order valence-corrected chi connectivity index (χ4v) is 3.76. The van der Waals surface area contributed by atoms with Crippen LogP contribution >= 0.6 is 0 Å². The second-order valence-electron chi connectivity index (χ2n) is 9.13. The number of fused-ring (bicyclic) bond motifs is 1. The van der Waals surface area contributed by atoms with Gasteiger partial charge in [0.2, 0.25) is 0 Å².